The number of benzene rings is 2. The van der Waals surface area contributed by atoms with Gasteiger partial charge < -0.3 is 24.8 Å². The van der Waals surface area contributed by atoms with Crippen molar-refractivity contribution in [1.29, 1.82) is 0 Å². The van der Waals surface area contributed by atoms with E-state index in [9.17, 15) is 20.1 Å². The van der Waals surface area contributed by atoms with Crippen LogP contribution in [-0.2, 0) is 0 Å². The number of hydrogen-bond acceptors (Lipinski definition) is 6. The Balaban J connectivity index is 1.45. The van der Waals surface area contributed by atoms with Crippen LogP contribution in [0.15, 0.2) is 18.2 Å². The van der Waals surface area contributed by atoms with Gasteiger partial charge in [-0.25, -0.2) is 0 Å². The third-order valence-corrected chi connectivity index (χ3v) is 8.88. The lowest BCUT2D eigenvalue weighted by Gasteiger charge is -2.62. The summed E-state index contributed by atoms with van der Waals surface area (Å²) in [7, 11) is 0. The Labute approximate surface area is 186 Å². The van der Waals surface area contributed by atoms with Gasteiger partial charge in [-0.2, -0.15) is 0 Å². The van der Waals surface area contributed by atoms with Crippen molar-refractivity contribution in [2.45, 2.75) is 58.0 Å². The minimum absolute atomic E-state index is 0.00198. The smallest absolute Gasteiger partial charge is 0.181 e. The number of carbonyl (C=O) groups excluding carboxylic acids is 1. The molecule has 0 aromatic heterocycles. The molecule has 0 bridgehead atoms. The molecule has 2 aromatic carbocycles. The normalized spacial score (nSPS) is 33.3. The van der Waals surface area contributed by atoms with Gasteiger partial charge in [-0.1, -0.05) is 13.8 Å². The molecular weight excluding hydrogens is 408 g/mol. The number of fused-ring (bicyclic) bond motifs is 3. The van der Waals surface area contributed by atoms with E-state index < -0.39 is 5.92 Å². The minimum atomic E-state index is -0.751. The molecule has 2 heterocycles. The maximum atomic E-state index is 13.4. The monoisotopic (exact) mass is 436 g/mol. The van der Waals surface area contributed by atoms with Gasteiger partial charge in [0.2, 0.25) is 0 Å². The molecule has 0 radical (unpaired) electrons. The van der Waals surface area contributed by atoms with Gasteiger partial charge in [-0.15, -0.1) is 0 Å². The molecule has 168 valence electrons. The maximum absolute atomic E-state index is 13.4. The molecular formula is C26H28O6. The lowest BCUT2D eigenvalue weighted by Crippen LogP contribution is -2.59. The summed E-state index contributed by atoms with van der Waals surface area (Å²) in [5, 5.41) is 31.4. The van der Waals surface area contributed by atoms with Crippen LogP contribution in [0.2, 0.25) is 0 Å². The van der Waals surface area contributed by atoms with Crippen molar-refractivity contribution in [3.63, 3.8) is 0 Å². The summed E-state index contributed by atoms with van der Waals surface area (Å²) in [5.74, 6) is 0.754. The number of aromatic hydroxyl groups is 3. The van der Waals surface area contributed by atoms with E-state index in [1.54, 1.807) is 13.0 Å². The Morgan fingerprint density at radius 2 is 1.72 bits per heavy atom. The Morgan fingerprint density at radius 1 is 1.00 bits per heavy atom. The predicted octanol–water partition coefficient (Wildman–Crippen LogP) is 4.77. The number of ether oxygens (including phenoxy) is 2. The van der Waals surface area contributed by atoms with Crippen molar-refractivity contribution in [2.24, 2.45) is 17.3 Å². The van der Waals surface area contributed by atoms with Crippen LogP contribution < -0.4 is 9.47 Å². The van der Waals surface area contributed by atoms with Crippen molar-refractivity contribution < 1.29 is 29.6 Å². The van der Waals surface area contributed by atoms with Crippen LogP contribution >= 0.6 is 0 Å². The van der Waals surface area contributed by atoms with Gasteiger partial charge in [0.05, 0.1) is 5.92 Å². The first-order valence-electron chi connectivity index (χ1n) is 11.3. The molecule has 2 aromatic rings. The van der Waals surface area contributed by atoms with E-state index in [0.717, 1.165) is 18.4 Å². The molecule has 1 unspecified atom stereocenters. The molecule has 3 N–H and O–H groups in total. The zero-order chi connectivity index (χ0) is 22.7. The molecule has 0 spiro atoms. The van der Waals surface area contributed by atoms with Gasteiger partial charge in [0.15, 0.2) is 5.78 Å². The van der Waals surface area contributed by atoms with Gasteiger partial charge in [0.1, 0.15) is 46.5 Å². The van der Waals surface area contributed by atoms with Crippen LogP contribution in [0.5, 0.6) is 28.7 Å². The predicted molar refractivity (Wildman–Crippen MR) is 117 cm³/mol. The van der Waals surface area contributed by atoms with E-state index in [1.807, 2.05) is 6.07 Å². The van der Waals surface area contributed by atoms with Crippen LogP contribution in [0.3, 0.4) is 0 Å². The van der Waals surface area contributed by atoms with E-state index in [0.29, 0.717) is 29.1 Å². The molecule has 2 fully saturated rings. The molecule has 4 aliphatic rings. The van der Waals surface area contributed by atoms with E-state index >= 15 is 0 Å². The Kier molecular flexibility index (Phi) is 3.65. The largest absolute Gasteiger partial charge is 0.508 e. The highest BCUT2D eigenvalue weighted by Crippen LogP contribution is 2.73. The van der Waals surface area contributed by atoms with Gasteiger partial charge in [0.25, 0.3) is 0 Å². The molecule has 32 heavy (non-hydrogen) atoms. The summed E-state index contributed by atoms with van der Waals surface area (Å²) in [5.41, 5.74) is 1.74. The summed E-state index contributed by atoms with van der Waals surface area (Å²) in [6, 6.07) is 4.93. The van der Waals surface area contributed by atoms with Crippen LogP contribution in [0.1, 0.15) is 72.5 Å². The highest BCUT2D eigenvalue weighted by Gasteiger charge is 2.69. The summed E-state index contributed by atoms with van der Waals surface area (Å²) >= 11 is 0. The first kappa shape index (κ1) is 19.8. The minimum Gasteiger partial charge on any atom is -0.508 e. The average Bonchev–Trinajstić information content (AvgIpc) is 3.06. The molecule has 5 atom stereocenters. The van der Waals surface area contributed by atoms with E-state index in [1.165, 1.54) is 6.07 Å². The quantitative estimate of drug-likeness (QED) is 0.596. The van der Waals surface area contributed by atoms with E-state index in [-0.39, 0.29) is 57.5 Å². The number of carbonyl (C=O) groups is 1. The van der Waals surface area contributed by atoms with Crippen LogP contribution in [0, 0.1) is 24.2 Å². The van der Waals surface area contributed by atoms with Crippen LogP contribution in [-0.4, -0.2) is 33.3 Å². The fourth-order valence-corrected chi connectivity index (χ4v) is 7.12. The first-order valence-corrected chi connectivity index (χ1v) is 11.3. The molecule has 2 saturated carbocycles. The number of phenolic OH excluding ortho intramolecular Hbond substituents is 3. The van der Waals surface area contributed by atoms with Crippen molar-refractivity contribution in [1.82, 2.24) is 0 Å². The highest BCUT2D eigenvalue weighted by molar-refractivity contribution is 6.07. The Bertz CT molecular complexity index is 1200. The molecule has 6 rings (SSSR count). The van der Waals surface area contributed by atoms with Gasteiger partial charge >= 0.3 is 0 Å². The van der Waals surface area contributed by atoms with Gasteiger partial charge in [-0.3, -0.25) is 4.79 Å². The second-order valence-electron chi connectivity index (χ2n) is 10.8. The zero-order valence-electron chi connectivity index (χ0n) is 18.7. The third-order valence-electron chi connectivity index (χ3n) is 8.88. The summed E-state index contributed by atoms with van der Waals surface area (Å²) in [6.07, 6.45) is 2.16. The molecule has 2 aliphatic carbocycles. The Morgan fingerprint density at radius 3 is 2.47 bits per heavy atom. The second kappa shape index (κ2) is 5.91. The number of ketones is 1. The van der Waals surface area contributed by atoms with E-state index in [4.69, 9.17) is 9.47 Å². The average molecular weight is 437 g/mol. The summed E-state index contributed by atoms with van der Waals surface area (Å²) in [4.78, 5) is 13.4. The van der Waals surface area contributed by atoms with E-state index in [2.05, 4.69) is 20.8 Å². The van der Waals surface area contributed by atoms with Crippen molar-refractivity contribution in [3.8, 4) is 28.7 Å². The van der Waals surface area contributed by atoms with Crippen molar-refractivity contribution in [2.75, 3.05) is 6.61 Å². The second-order valence-corrected chi connectivity index (χ2v) is 10.8. The number of Topliss-reactive ketones (excluding diaryl/α,β-unsaturated/α-hetero) is 1. The molecule has 0 amide bonds. The Hall–Kier alpha value is -2.89. The fraction of sp³-hybridized carbons (Fsp3) is 0.500. The molecule has 2 aliphatic heterocycles. The van der Waals surface area contributed by atoms with Gasteiger partial charge in [-0.05, 0) is 55.6 Å². The standard InChI is InChI=1S/C26H28O6/c1-11-16(27)8-19-20(23(11)29)24(30)14(10-31-19)12-7-13-18(9-17(12)28)32-26(4)6-5-15-22(26)21(13)25(15,2)3/h7-9,14-15,21-22,27-29H,5-6,10H2,1-4H3/t14?,15-,21+,22+,26+/m1/s1. The highest BCUT2D eigenvalue weighted by atomic mass is 16.5. The lowest BCUT2D eigenvalue weighted by molar-refractivity contribution is -0.120. The summed E-state index contributed by atoms with van der Waals surface area (Å²) < 4.78 is 12.2. The van der Waals surface area contributed by atoms with Crippen LogP contribution in [0.4, 0.5) is 0 Å². The fourth-order valence-electron chi connectivity index (χ4n) is 7.12. The first-order chi connectivity index (χ1) is 15.0. The third kappa shape index (κ3) is 2.23. The SMILES string of the molecule is Cc1c(O)cc2c(c1O)C(=O)C(c1cc3c(cc1O)O[C@@]1(C)CC[C@@H]4[C@H]1[C@H]3C4(C)C)CO2. The van der Waals surface area contributed by atoms with Crippen molar-refractivity contribution in [3.05, 3.63) is 40.5 Å². The molecule has 0 saturated heterocycles. The molecule has 6 nitrogen and oxygen atoms in total. The lowest BCUT2D eigenvalue weighted by atomic mass is 9.45. The number of hydrogen-bond donors (Lipinski definition) is 3. The number of rotatable bonds is 1. The van der Waals surface area contributed by atoms with Crippen molar-refractivity contribution >= 4 is 5.78 Å². The summed E-state index contributed by atoms with van der Waals surface area (Å²) in [6.45, 7) is 8.38. The number of phenols is 3. The van der Waals surface area contributed by atoms with Crippen LogP contribution in [0.25, 0.3) is 0 Å². The maximum Gasteiger partial charge on any atom is 0.181 e. The van der Waals surface area contributed by atoms with Gasteiger partial charge in [0, 0.05) is 29.2 Å². The molecule has 6 heteroatoms. The topological polar surface area (TPSA) is 96.2 Å². The zero-order valence-corrected chi connectivity index (χ0v) is 18.7.